The van der Waals surface area contributed by atoms with E-state index in [1.807, 2.05) is 12.1 Å². The van der Waals surface area contributed by atoms with Gasteiger partial charge in [-0.1, -0.05) is 41.1 Å². The van der Waals surface area contributed by atoms with Gasteiger partial charge in [-0.2, -0.15) is 0 Å². The number of hydrogen-bond acceptors (Lipinski definition) is 3. The summed E-state index contributed by atoms with van der Waals surface area (Å²) < 4.78 is 1.12. The third-order valence-corrected chi connectivity index (χ3v) is 3.63. The zero-order valence-corrected chi connectivity index (χ0v) is 14.2. The third-order valence-electron chi connectivity index (χ3n) is 3.14. The number of benzene rings is 1. The highest BCUT2D eigenvalue weighted by Crippen LogP contribution is 2.14. The summed E-state index contributed by atoms with van der Waals surface area (Å²) in [6.45, 7) is 4.87. The Morgan fingerprint density at radius 2 is 1.95 bits per heavy atom. The van der Waals surface area contributed by atoms with E-state index in [9.17, 15) is 0 Å². The molecule has 112 valence electrons. The normalized spacial score (nSPS) is 10.9. The Morgan fingerprint density at radius 3 is 2.71 bits per heavy atom. The zero-order chi connectivity index (χ0) is 15.1. The molecule has 4 heteroatoms. The lowest BCUT2D eigenvalue weighted by Gasteiger charge is -2.17. The molecular weight excluding hydrogens is 326 g/mol. The van der Waals surface area contributed by atoms with Gasteiger partial charge in [0.05, 0.1) is 5.69 Å². The number of hydrogen-bond donors (Lipinski definition) is 1. The van der Waals surface area contributed by atoms with Crippen molar-refractivity contribution in [3.05, 3.63) is 58.2 Å². The summed E-state index contributed by atoms with van der Waals surface area (Å²) in [5, 5.41) is 3.33. The van der Waals surface area contributed by atoms with Crippen molar-refractivity contribution in [2.75, 3.05) is 18.9 Å². The second-order valence-electron chi connectivity index (χ2n) is 5.24. The van der Waals surface area contributed by atoms with Crippen molar-refractivity contribution < 1.29 is 0 Å². The lowest BCUT2D eigenvalue weighted by Crippen LogP contribution is -2.18. The molecule has 0 bridgehead atoms. The van der Waals surface area contributed by atoms with Gasteiger partial charge in [-0.25, -0.2) is 4.98 Å². The molecule has 21 heavy (non-hydrogen) atoms. The van der Waals surface area contributed by atoms with Gasteiger partial charge in [0.1, 0.15) is 5.82 Å². The minimum Gasteiger partial charge on any atom is -0.370 e. The highest BCUT2D eigenvalue weighted by atomic mass is 79.9. The molecule has 0 aliphatic carbocycles. The van der Waals surface area contributed by atoms with Gasteiger partial charge in [-0.05, 0) is 43.3 Å². The smallest absolute Gasteiger partial charge is 0.126 e. The van der Waals surface area contributed by atoms with E-state index in [-0.39, 0.29) is 0 Å². The van der Waals surface area contributed by atoms with Gasteiger partial charge < -0.3 is 5.32 Å². The lowest BCUT2D eigenvalue weighted by atomic mass is 10.2. The molecule has 3 nitrogen and oxygen atoms in total. The van der Waals surface area contributed by atoms with Gasteiger partial charge in [0.25, 0.3) is 0 Å². The molecule has 0 saturated carbocycles. The van der Waals surface area contributed by atoms with E-state index in [4.69, 9.17) is 0 Å². The van der Waals surface area contributed by atoms with Crippen LogP contribution in [-0.4, -0.2) is 23.5 Å². The van der Waals surface area contributed by atoms with Crippen LogP contribution in [0.2, 0.25) is 0 Å². The minimum absolute atomic E-state index is 0.841. The fraction of sp³-hybridized carbons (Fsp3) is 0.353. The fourth-order valence-corrected chi connectivity index (χ4v) is 2.65. The maximum atomic E-state index is 4.65. The van der Waals surface area contributed by atoms with Gasteiger partial charge in [0, 0.05) is 24.1 Å². The Hall–Kier alpha value is -1.39. The van der Waals surface area contributed by atoms with Crippen LogP contribution in [0.1, 0.15) is 24.6 Å². The summed E-state index contributed by atoms with van der Waals surface area (Å²) in [7, 11) is 2.12. The largest absolute Gasteiger partial charge is 0.370 e. The highest BCUT2D eigenvalue weighted by molar-refractivity contribution is 9.10. The van der Waals surface area contributed by atoms with Crippen molar-refractivity contribution in [1.29, 1.82) is 0 Å². The van der Waals surface area contributed by atoms with Crippen LogP contribution in [0, 0.1) is 0 Å². The molecule has 0 spiro atoms. The predicted octanol–water partition coefficient (Wildman–Crippen LogP) is 4.30. The van der Waals surface area contributed by atoms with Crippen molar-refractivity contribution in [3.8, 4) is 0 Å². The Balaban J connectivity index is 1.94. The average molecular weight is 348 g/mol. The van der Waals surface area contributed by atoms with Crippen molar-refractivity contribution >= 4 is 21.7 Å². The molecule has 0 saturated heterocycles. The Morgan fingerprint density at radius 1 is 1.14 bits per heavy atom. The molecule has 0 aliphatic rings. The molecule has 0 aliphatic heterocycles. The first kappa shape index (κ1) is 16.0. The van der Waals surface area contributed by atoms with Crippen LogP contribution in [0.5, 0.6) is 0 Å². The van der Waals surface area contributed by atoms with Crippen molar-refractivity contribution in [2.45, 2.75) is 26.4 Å². The van der Waals surface area contributed by atoms with Gasteiger partial charge in [-0.15, -0.1) is 0 Å². The predicted molar refractivity (Wildman–Crippen MR) is 92.3 cm³/mol. The summed E-state index contributed by atoms with van der Waals surface area (Å²) in [4.78, 5) is 6.92. The molecule has 0 radical (unpaired) electrons. The number of rotatable bonds is 7. The molecule has 1 heterocycles. The molecule has 1 aromatic carbocycles. The number of nitrogens with zero attached hydrogens (tertiary/aromatic N) is 2. The van der Waals surface area contributed by atoms with E-state index in [1.165, 1.54) is 5.56 Å². The van der Waals surface area contributed by atoms with Gasteiger partial charge >= 0.3 is 0 Å². The topological polar surface area (TPSA) is 28.2 Å². The zero-order valence-electron chi connectivity index (χ0n) is 12.6. The van der Waals surface area contributed by atoms with Gasteiger partial charge in [0.2, 0.25) is 0 Å². The Bertz CT molecular complexity index is 571. The summed E-state index contributed by atoms with van der Waals surface area (Å²) in [6, 6.07) is 14.6. The molecule has 2 aromatic rings. The maximum Gasteiger partial charge on any atom is 0.126 e. The maximum absolute atomic E-state index is 4.65. The standard InChI is InChI=1S/C17H22BrN3/c1-3-10-19-17-9-5-8-16(20-17)13-21(2)12-14-6-4-7-15(18)11-14/h4-9,11H,3,10,12-13H2,1-2H3,(H,19,20). The number of nitrogens with one attached hydrogen (secondary N) is 1. The first-order valence-electron chi connectivity index (χ1n) is 7.30. The van der Waals surface area contributed by atoms with E-state index < -0.39 is 0 Å². The van der Waals surface area contributed by atoms with Crippen LogP contribution in [0.25, 0.3) is 0 Å². The second kappa shape index (κ2) is 8.15. The molecule has 1 aromatic heterocycles. The summed E-state index contributed by atoms with van der Waals surface area (Å²) >= 11 is 3.51. The first-order chi connectivity index (χ1) is 10.2. The van der Waals surface area contributed by atoms with Crippen LogP contribution < -0.4 is 5.32 Å². The summed E-state index contributed by atoms with van der Waals surface area (Å²) in [5.41, 5.74) is 2.39. The SMILES string of the molecule is CCCNc1cccc(CN(C)Cc2cccc(Br)c2)n1. The van der Waals surface area contributed by atoms with Crippen LogP contribution in [0.4, 0.5) is 5.82 Å². The van der Waals surface area contributed by atoms with E-state index in [0.29, 0.717) is 0 Å². The third kappa shape index (κ3) is 5.48. The van der Waals surface area contributed by atoms with Crippen molar-refractivity contribution in [3.63, 3.8) is 0 Å². The minimum atomic E-state index is 0.841. The van der Waals surface area contributed by atoms with Crippen LogP contribution in [0.15, 0.2) is 46.9 Å². The molecule has 0 fully saturated rings. The lowest BCUT2D eigenvalue weighted by molar-refractivity contribution is 0.315. The number of pyridine rings is 1. The molecular formula is C17H22BrN3. The summed E-state index contributed by atoms with van der Waals surface area (Å²) in [5.74, 6) is 0.963. The van der Waals surface area contributed by atoms with E-state index in [0.717, 1.165) is 42.0 Å². The Labute approximate surface area is 135 Å². The van der Waals surface area contributed by atoms with Gasteiger partial charge in [0.15, 0.2) is 0 Å². The number of anilines is 1. The van der Waals surface area contributed by atoms with E-state index >= 15 is 0 Å². The van der Waals surface area contributed by atoms with Crippen LogP contribution in [0.3, 0.4) is 0 Å². The van der Waals surface area contributed by atoms with E-state index in [1.54, 1.807) is 0 Å². The fourth-order valence-electron chi connectivity index (χ4n) is 2.20. The monoisotopic (exact) mass is 347 g/mol. The second-order valence-corrected chi connectivity index (χ2v) is 6.16. The molecule has 2 rings (SSSR count). The molecule has 0 unspecified atom stereocenters. The van der Waals surface area contributed by atoms with Crippen LogP contribution >= 0.6 is 15.9 Å². The molecule has 0 atom stereocenters. The van der Waals surface area contributed by atoms with Crippen LogP contribution in [-0.2, 0) is 13.1 Å². The first-order valence-corrected chi connectivity index (χ1v) is 8.09. The average Bonchev–Trinajstić information content (AvgIpc) is 2.45. The van der Waals surface area contributed by atoms with Gasteiger partial charge in [-0.3, -0.25) is 4.90 Å². The van der Waals surface area contributed by atoms with Crippen molar-refractivity contribution in [2.24, 2.45) is 0 Å². The summed E-state index contributed by atoms with van der Waals surface area (Å²) in [6.07, 6.45) is 1.11. The van der Waals surface area contributed by atoms with E-state index in [2.05, 4.69) is 75.4 Å². The molecule has 1 N–H and O–H groups in total. The molecule has 0 amide bonds. The van der Waals surface area contributed by atoms with Crippen molar-refractivity contribution in [1.82, 2.24) is 9.88 Å². The number of aromatic nitrogens is 1. The number of halogens is 1. The highest BCUT2D eigenvalue weighted by Gasteiger charge is 2.04. The quantitative estimate of drug-likeness (QED) is 0.809. The Kier molecular flexibility index (Phi) is 6.21.